The highest BCUT2D eigenvalue weighted by Gasteiger charge is 2.44. The van der Waals surface area contributed by atoms with Crippen molar-refractivity contribution in [3.63, 3.8) is 0 Å². The van der Waals surface area contributed by atoms with Crippen molar-refractivity contribution in [2.75, 3.05) is 72.5 Å². The van der Waals surface area contributed by atoms with E-state index in [1.54, 1.807) is 122 Å². The van der Waals surface area contributed by atoms with E-state index in [0.717, 1.165) is 26.5 Å². The number of carbonyl (C=O) groups excluding carboxylic acids is 16. The van der Waals surface area contributed by atoms with Crippen LogP contribution < -0.4 is 75.7 Å². The number of rotatable bonds is 26. The maximum atomic E-state index is 15.8. The summed E-state index contributed by atoms with van der Waals surface area (Å²) in [5, 5.41) is 63.5. The molecule has 0 radical (unpaired) electrons. The number of nitrogens with zero attached hydrogens (tertiary/aromatic N) is 6. The summed E-state index contributed by atoms with van der Waals surface area (Å²) in [6.07, 6.45) is 6.03. The van der Waals surface area contributed by atoms with Crippen molar-refractivity contribution in [1.82, 2.24) is 108 Å². The Hall–Kier alpha value is -14.3. The highest BCUT2D eigenvalue weighted by atomic mass is 32.2. The number of imidazole rings is 1. The Balaban J connectivity index is 1.02. The van der Waals surface area contributed by atoms with Gasteiger partial charge < -0.3 is 125 Å². The number of H-pyrrole nitrogens is 4. The number of nitrogens with two attached hydrogens (primary N) is 3. The van der Waals surface area contributed by atoms with Crippen LogP contribution in [0, 0.1) is 5.41 Å². The highest BCUT2D eigenvalue weighted by molar-refractivity contribution is 8.00. The number of amides is 16. The molecule has 8 aromatic rings. The molecule has 138 heavy (non-hydrogen) atoms. The summed E-state index contributed by atoms with van der Waals surface area (Å²) in [6, 6.07) is 10.2. The number of likely N-dealkylation sites (N-methyl/N-ethyl adjacent to an activating group) is 4. The van der Waals surface area contributed by atoms with Crippen LogP contribution in [-0.4, -0.2) is 317 Å². The monoisotopic (exact) mass is 1930 g/mol. The van der Waals surface area contributed by atoms with E-state index < -0.39 is 223 Å². The van der Waals surface area contributed by atoms with Crippen molar-refractivity contribution in [2.24, 2.45) is 17.2 Å². The first kappa shape index (κ1) is 106. The van der Waals surface area contributed by atoms with Gasteiger partial charge in [0.25, 0.3) is 0 Å². The summed E-state index contributed by atoms with van der Waals surface area (Å²) in [4.78, 5) is 258. The molecule has 44 heteroatoms. The minimum absolute atomic E-state index is 0.00383. The lowest BCUT2D eigenvalue weighted by atomic mass is 9.99. The molecule has 16 amide bonds. The molecule has 4 aromatic carbocycles. The second-order valence-corrected chi connectivity index (χ2v) is 35.8. The molecule has 2 fully saturated rings. The second kappa shape index (κ2) is 51.1. The Morgan fingerprint density at radius 2 is 1.02 bits per heavy atom. The second-order valence-electron chi connectivity index (χ2n) is 34.8. The van der Waals surface area contributed by atoms with Crippen LogP contribution in [0.4, 0.5) is 0 Å². The number of nitrogens with one attached hydrogen (secondary N) is 16. The zero-order chi connectivity index (χ0) is 100.0. The van der Waals surface area contributed by atoms with E-state index in [-0.39, 0.29) is 83.7 Å². The van der Waals surface area contributed by atoms with Crippen LogP contribution in [0.15, 0.2) is 134 Å². The highest BCUT2D eigenvalue weighted by Crippen LogP contribution is 2.28. The molecule has 0 bridgehead atoms. The lowest BCUT2D eigenvalue weighted by Gasteiger charge is -2.41. The van der Waals surface area contributed by atoms with E-state index in [2.05, 4.69) is 83.4 Å². The average molecular weight is 1930 g/mol. The molecule has 6 heterocycles. The van der Waals surface area contributed by atoms with Crippen LogP contribution in [0.25, 0.3) is 32.7 Å². The van der Waals surface area contributed by atoms with Gasteiger partial charge in [-0.1, -0.05) is 124 Å². The molecule has 2 saturated heterocycles. The largest absolute Gasteiger partial charge is 0.394 e. The summed E-state index contributed by atoms with van der Waals surface area (Å²) in [6.45, 7) is 2.40. The fraction of sp³-hybridized carbons (Fsp3) is 0.468. The predicted molar refractivity (Wildman–Crippen MR) is 513 cm³/mol. The fourth-order valence-electron chi connectivity index (χ4n) is 17.0. The van der Waals surface area contributed by atoms with Crippen molar-refractivity contribution < 1.29 is 86.9 Å². The zero-order valence-electron chi connectivity index (χ0n) is 78.3. The molecule has 0 saturated carbocycles. The summed E-state index contributed by atoms with van der Waals surface area (Å²) in [5.74, 6) is -16.0. The van der Waals surface area contributed by atoms with E-state index in [0.29, 0.717) is 86.3 Å². The summed E-state index contributed by atoms with van der Waals surface area (Å²) in [7, 11) is 5.41. The number of unbranched alkanes of at least 4 members (excludes halogenated alkanes) is 2. The van der Waals surface area contributed by atoms with Crippen molar-refractivity contribution in [1.29, 1.82) is 5.41 Å². The molecule has 4 aromatic heterocycles. The average Bonchev–Trinajstić information content (AvgIpc) is 1.53. The molecule has 2 aliphatic rings. The third kappa shape index (κ3) is 29.1. The number of hydrogen-bond donors (Lipinski definition) is 21. The maximum absolute atomic E-state index is 15.8. The molecule has 14 atom stereocenters. The fourth-order valence-corrected chi connectivity index (χ4v) is 17.9. The number of thioether (sulfide) groups is 1. The normalized spacial score (nSPS) is 23.6. The Kier molecular flexibility index (Phi) is 39.1. The molecule has 10 rings (SSSR count). The number of hydrogen-bond acceptors (Lipinski definition) is 22. The van der Waals surface area contributed by atoms with Gasteiger partial charge in [-0.15, -0.1) is 11.8 Å². The van der Waals surface area contributed by atoms with Crippen molar-refractivity contribution >= 4 is 145 Å². The van der Waals surface area contributed by atoms with Gasteiger partial charge in [-0.2, -0.15) is 0 Å². The quantitative estimate of drug-likeness (QED) is 0.0164. The van der Waals surface area contributed by atoms with Crippen molar-refractivity contribution in [2.45, 2.75) is 208 Å². The number of fused-ring (bicyclic) bond motifs is 4. The van der Waals surface area contributed by atoms with Crippen molar-refractivity contribution in [3.05, 3.63) is 162 Å². The minimum atomic E-state index is -1.85. The minimum Gasteiger partial charge on any atom is -0.394 e. The maximum Gasteiger partial charge on any atom is 0.246 e. The number of primary amides is 2. The third-order valence-corrected chi connectivity index (χ3v) is 25.8. The number of aliphatic hydroxyl groups excluding tert-OH is 2. The molecule has 2 unspecified atom stereocenters. The Morgan fingerprint density at radius 3 is 1.59 bits per heavy atom. The van der Waals surface area contributed by atoms with Gasteiger partial charge in [0, 0.05) is 135 Å². The first-order valence-corrected chi connectivity index (χ1v) is 47.2. The molecule has 742 valence electrons. The van der Waals surface area contributed by atoms with Crippen molar-refractivity contribution in [3.8, 4) is 0 Å². The summed E-state index contributed by atoms with van der Waals surface area (Å²) >= 11 is 0.803. The van der Waals surface area contributed by atoms with E-state index in [1.807, 2.05) is 13.8 Å². The summed E-state index contributed by atoms with van der Waals surface area (Å²) < 4.78 is 0. The molecule has 0 spiro atoms. The van der Waals surface area contributed by atoms with Gasteiger partial charge >= 0.3 is 0 Å². The van der Waals surface area contributed by atoms with E-state index in [9.17, 15) is 48.6 Å². The van der Waals surface area contributed by atoms with E-state index in [4.69, 9.17) is 22.6 Å². The lowest BCUT2D eigenvalue weighted by molar-refractivity contribution is -0.147. The number of guanidine groups is 1. The molecule has 2 aliphatic heterocycles. The Bertz CT molecular complexity index is 5620. The van der Waals surface area contributed by atoms with Crippen LogP contribution in [-0.2, 0) is 109 Å². The van der Waals surface area contributed by atoms with Crippen LogP contribution in [0.5, 0.6) is 0 Å². The number of carbonyl (C=O) groups is 16. The lowest BCUT2D eigenvalue weighted by Crippen LogP contribution is -2.62. The number of aliphatic hydroxyl groups is 2. The van der Waals surface area contributed by atoms with Gasteiger partial charge in [-0.05, 0) is 92.9 Å². The smallest absolute Gasteiger partial charge is 0.246 e. The van der Waals surface area contributed by atoms with Gasteiger partial charge in [0.15, 0.2) is 5.96 Å². The van der Waals surface area contributed by atoms with Crippen LogP contribution in [0.2, 0.25) is 0 Å². The molecular formula is C94H127N25O18S. The molecule has 43 nitrogen and oxygen atoms in total. The van der Waals surface area contributed by atoms with Gasteiger partial charge in [0.2, 0.25) is 94.5 Å². The van der Waals surface area contributed by atoms with Gasteiger partial charge in [-0.25, -0.2) is 4.98 Å². The van der Waals surface area contributed by atoms with Crippen LogP contribution in [0.3, 0.4) is 0 Å². The molecule has 0 aliphatic carbocycles. The van der Waals surface area contributed by atoms with Crippen LogP contribution >= 0.6 is 11.8 Å². The number of para-hydroxylation sites is 3. The first-order valence-electron chi connectivity index (χ1n) is 46.0. The third-order valence-electron chi connectivity index (χ3n) is 24.7. The molecular weight excluding hydrogens is 1800 g/mol. The predicted octanol–water partition coefficient (Wildman–Crippen LogP) is -1.67. The standard InChI is InChI=1S/C94H127N25O18S/c1-8-10-32-74-87(131)108-65(31-21-35-100-94(97)98)83(127)114-73(82(126)104-47-78(96)122)50-138-51-80(124)107-68(37-54-23-13-12-14-24-54)90(134)116(5)53(3)81(125)110-71(42-77(95)121)92(136)119-36-22-34-75(119)88(132)109-67(41-58-46-99-52-105-58)85(129)111-69(39-56-44-102-63-29-19-16-26-60(56)63)89(133)115(4)48-79(123)106-66(38-55-43-101-62-28-18-15-25-59(55)62)84(128)113-72(49-120)86(130)112-70(40-57-45-103-64-30-20-17-27-61(57)64)91(135)118(7)76(33-11-9-2)93(137)117(74)6/h12-20,23-30,43-46,52-53,65-76,93,101-103,120,137H,8-11,21-22,31-42,47-51H2,1-7H3,(H2,95,121)(H2,96,122)(H,99,105)(H,104,126)(H,106,123)(H,107,124)(H,108,131)(H,109,132)(H,110,125)(H,111,129)(H,112,130)(H,113,128)(H,114,127)(H4,97,98,100)/t53-,65-,66-,67-,68-,69-,70-,71-,72?,73-,74-,75-,76-,93?/m0/s1. The zero-order valence-corrected chi connectivity index (χ0v) is 79.1. The SMILES string of the molecule is CCCC[C@H]1C(O)N(C)[C@@H](CCCC)C(=O)N[C@@H](CCCNC(=N)N)C(=O)N[C@H](C(=O)NCC(N)=O)CSCC(=O)N[C@@H](Cc2ccccc2)C(=O)N(C)[C@@H](C)C(=O)N[C@@H](CC(N)=O)C(=O)N2CCC[C@H]2C(=O)N[C@@H](Cc2cnc[nH]2)C(=O)N[C@@H](Cc2c[nH]c3ccccc23)C(=O)N(C)CC(=O)N[C@@H](Cc2c[nH]c3ccccc23)C(=O)NC(CO)C(=O)N[C@@H](Cc2c[nH]c3ccccc23)C(=O)N1C. The van der Waals surface area contributed by atoms with Gasteiger partial charge in [0.05, 0.1) is 50.3 Å². The Labute approximate surface area is 801 Å². The van der Waals surface area contributed by atoms with E-state index >= 15 is 38.4 Å². The Morgan fingerprint density at radius 1 is 0.514 bits per heavy atom. The number of aromatic nitrogens is 5. The van der Waals surface area contributed by atoms with Gasteiger partial charge in [-0.3, -0.25) is 87.0 Å². The van der Waals surface area contributed by atoms with E-state index in [1.165, 1.54) is 57.4 Å². The number of benzene rings is 4. The first-order chi connectivity index (χ1) is 66.1. The molecule has 24 N–H and O–H groups in total. The van der Waals surface area contributed by atoms with Crippen LogP contribution in [0.1, 0.15) is 119 Å². The topological polar surface area (TPSA) is 640 Å². The number of aromatic amines is 4. The summed E-state index contributed by atoms with van der Waals surface area (Å²) in [5.41, 5.74) is 21.3. The van der Waals surface area contributed by atoms with Gasteiger partial charge in [0.1, 0.15) is 72.7 Å².